The van der Waals surface area contributed by atoms with Gasteiger partial charge in [-0.25, -0.2) is 4.99 Å². The molecule has 1 amide bonds. The number of amidine groups is 1. The molecule has 1 aromatic rings. The number of carbonyl (C=O) groups is 1. The molecule has 0 unspecified atom stereocenters. The Labute approximate surface area is 146 Å². The minimum atomic E-state index is -0.0186. The van der Waals surface area contributed by atoms with E-state index >= 15 is 0 Å². The number of rotatable bonds is 3. The number of amides is 1. The second-order valence-corrected chi connectivity index (χ2v) is 6.94. The predicted octanol–water partition coefficient (Wildman–Crippen LogP) is 3.69. The van der Waals surface area contributed by atoms with Gasteiger partial charge >= 0.3 is 0 Å². The van der Waals surface area contributed by atoms with Crippen molar-refractivity contribution >= 4 is 40.5 Å². The zero-order valence-corrected chi connectivity index (χ0v) is 14.7. The molecule has 0 spiro atoms. The Morgan fingerprint density at radius 2 is 1.91 bits per heavy atom. The molecule has 0 aliphatic carbocycles. The smallest absolute Gasteiger partial charge is 0.279 e. The number of hydrogen-bond donors (Lipinski definition) is 0. The Bertz CT molecular complexity index is 636. The van der Waals surface area contributed by atoms with Gasteiger partial charge in [-0.05, 0) is 56.0 Å². The minimum absolute atomic E-state index is 0.0186. The highest BCUT2D eigenvalue weighted by atomic mass is 35.5. The Kier molecular flexibility index (Phi) is 5.41. The zero-order chi connectivity index (χ0) is 16.2. The molecule has 0 saturated carbocycles. The van der Waals surface area contributed by atoms with Gasteiger partial charge < -0.3 is 0 Å². The van der Waals surface area contributed by atoms with Crippen LogP contribution in [0.3, 0.4) is 0 Å². The summed E-state index contributed by atoms with van der Waals surface area (Å²) in [4.78, 5) is 21.3. The van der Waals surface area contributed by atoms with Crippen molar-refractivity contribution < 1.29 is 4.79 Å². The second-order valence-electron chi connectivity index (χ2n) is 5.73. The van der Waals surface area contributed by atoms with E-state index in [2.05, 4.69) is 9.89 Å². The summed E-state index contributed by atoms with van der Waals surface area (Å²) >= 11 is 7.42. The van der Waals surface area contributed by atoms with Crippen molar-refractivity contribution in [2.45, 2.75) is 19.3 Å². The third-order valence-corrected chi connectivity index (χ3v) is 4.99. The molecule has 122 valence electrons. The fraction of sp³-hybridized carbons (Fsp3) is 0.412. The van der Waals surface area contributed by atoms with E-state index in [1.807, 2.05) is 36.6 Å². The van der Waals surface area contributed by atoms with Crippen LogP contribution in [0.5, 0.6) is 0 Å². The zero-order valence-electron chi connectivity index (χ0n) is 13.2. The van der Waals surface area contributed by atoms with Gasteiger partial charge in [-0.2, -0.15) is 0 Å². The summed E-state index contributed by atoms with van der Waals surface area (Å²) in [5.41, 5.74) is 1.43. The van der Waals surface area contributed by atoms with E-state index in [-0.39, 0.29) is 5.91 Å². The maximum Gasteiger partial charge on any atom is 0.279 e. The number of halogens is 1. The number of piperidine rings is 1. The first-order valence-corrected chi connectivity index (χ1v) is 9.42. The molecule has 4 nitrogen and oxygen atoms in total. The largest absolute Gasteiger partial charge is 0.286 e. The van der Waals surface area contributed by atoms with Crippen LogP contribution in [0, 0.1) is 0 Å². The van der Waals surface area contributed by atoms with Crippen molar-refractivity contribution in [2.24, 2.45) is 4.99 Å². The lowest BCUT2D eigenvalue weighted by Gasteiger charge is -2.30. The predicted molar refractivity (Wildman–Crippen MR) is 97.5 cm³/mol. The summed E-state index contributed by atoms with van der Waals surface area (Å²) in [6.45, 7) is 2.75. The van der Waals surface area contributed by atoms with Gasteiger partial charge in [0.2, 0.25) is 0 Å². The highest BCUT2D eigenvalue weighted by molar-refractivity contribution is 8.13. The van der Waals surface area contributed by atoms with Crippen molar-refractivity contribution in [3.63, 3.8) is 0 Å². The van der Waals surface area contributed by atoms with E-state index in [1.165, 1.54) is 31.0 Å². The normalized spacial score (nSPS) is 21.1. The molecular weight excluding hydrogens is 330 g/mol. The first-order valence-electron chi connectivity index (χ1n) is 7.81. The van der Waals surface area contributed by atoms with Gasteiger partial charge in [-0.1, -0.05) is 41.9 Å². The lowest BCUT2D eigenvalue weighted by molar-refractivity contribution is -0.124. The second kappa shape index (κ2) is 7.51. The van der Waals surface area contributed by atoms with E-state index < -0.39 is 0 Å². The topological polar surface area (TPSA) is 35.9 Å². The standard InChI is InChI=1S/C17H20ClN3OS/c1-23-17-19-15(11-13-5-7-14(18)8-6-13)16(22)21(17)12-20-9-3-2-4-10-20/h5-8,11H,2-4,9-10,12H2,1H3/b15-11-. The summed E-state index contributed by atoms with van der Waals surface area (Å²) < 4.78 is 0. The molecule has 0 N–H and O–H groups in total. The summed E-state index contributed by atoms with van der Waals surface area (Å²) in [5.74, 6) is -0.0186. The van der Waals surface area contributed by atoms with Gasteiger partial charge in [-0.15, -0.1) is 0 Å². The third-order valence-electron chi connectivity index (χ3n) is 4.06. The van der Waals surface area contributed by atoms with Crippen LogP contribution in [-0.4, -0.2) is 46.9 Å². The summed E-state index contributed by atoms with van der Waals surface area (Å²) in [5, 5.41) is 1.46. The molecule has 0 atom stereocenters. The lowest BCUT2D eigenvalue weighted by Crippen LogP contribution is -2.43. The fourth-order valence-electron chi connectivity index (χ4n) is 2.83. The van der Waals surface area contributed by atoms with E-state index in [0.29, 0.717) is 17.4 Å². The van der Waals surface area contributed by atoms with Crippen molar-refractivity contribution in [2.75, 3.05) is 26.0 Å². The van der Waals surface area contributed by atoms with Crippen LogP contribution < -0.4 is 0 Å². The van der Waals surface area contributed by atoms with Crippen LogP contribution in [-0.2, 0) is 4.79 Å². The molecule has 1 aromatic carbocycles. The molecule has 23 heavy (non-hydrogen) atoms. The highest BCUT2D eigenvalue weighted by Crippen LogP contribution is 2.24. The minimum Gasteiger partial charge on any atom is -0.286 e. The molecule has 2 aliphatic heterocycles. The highest BCUT2D eigenvalue weighted by Gasteiger charge is 2.31. The van der Waals surface area contributed by atoms with Crippen LogP contribution in [0.4, 0.5) is 0 Å². The average Bonchev–Trinajstić information content (AvgIpc) is 2.87. The molecule has 6 heteroatoms. The Morgan fingerprint density at radius 3 is 2.57 bits per heavy atom. The van der Waals surface area contributed by atoms with Gasteiger partial charge in [0.1, 0.15) is 5.70 Å². The number of hydrogen-bond acceptors (Lipinski definition) is 4. The molecule has 0 radical (unpaired) electrons. The third kappa shape index (κ3) is 3.97. The molecule has 0 bridgehead atoms. The van der Waals surface area contributed by atoms with Crippen LogP contribution in [0.25, 0.3) is 6.08 Å². The van der Waals surface area contributed by atoms with Gasteiger partial charge in [0.15, 0.2) is 5.17 Å². The Balaban J connectivity index is 1.77. The van der Waals surface area contributed by atoms with E-state index in [0.717, 1.165) is 23.8 Å². The van der Waals surface area contributed by atoms with Crippen LogP contribution in [0.15, 0.2) is 35.0 Å². The monoisotopic (exact) mass is 349 g/mol. The van der Waals surface area contributed by atoms with Crippen LogP contribution in [0.2, 0.25) is 5.02 Å². The van der Waals surface area contributed by atoms with Crippen molar-refractivity contribution in [1.29, 1.82) is 0 Å². The van der Waals surface area contributed by atoms with Gasteiger partial charge in [0, 0.05) is 5.02 Å². The Hall–Kier alpha value is -1.30. The summed E-state index contributed by atoms with van der Waals surface area (Å²) in [6, 6.07) is 7.42. The van der Waals surface area contributed by atoms with E-state index in [9.17, 15) is 4.79 Å². The number of carbonyl (C=O) groups excluding carboxylic acids is 1. The molecule has 2 heterocycles. The maximum atomic E-state index is 12.7. The average molecular weight is 350 g/mol. The first-order chi connectivity index (χ1) is 11.2. The first kappa shape index (κ1) is 16.6. The molecule has 2 aliphatic rings. The molecule has 0 aromatic heterocycles. The van der Waals surface area contributed by atoms with Crippen molar-refractivity contribution in [3.8, 4) is 0 Å². The molecule has 1 saturated heterocycles. The Morgan fingerprint density at radius 1 is 1.22 bits per heavy atom. The van der Waals surface area contributed by atoms with Gasteiger partial charge in [-0.3, -0.25) is 14.6 Å². The molecular formula is C17H20ClN3OS. The molecule has 1 fully saturated rings. The van der Waals surface area contributed by atoms with Crippen molar-refractivity contribution in [3.05, 3.63) is 40.5 Å². The number of thioether (sulfide) groups is 1. The lowest BCUT2D eigenvalue weighted by atomic mass is 10.1. The van der Waals surface area contributed by atoms with Crippen molar-refractivity contribution in [1.82, 2.24) is 9.80 Å². The van der Waals surface area contributed by atoms with Crippen LogP contribution in [0.1, 0.15) is 24.8 Å². The maximum absolute atomic E-state index is 12.7. The number of nitrogens with zero attached hydrogens (tertiary/aromatic N) is 3. The molecule has 3 rings (SSSR count). The van der Waals surface area contributed by atoms with Gasteiger partial charge in [0.05, 0.1) is 6.67 Å². The van der Waals surface area contributed by atoms with E-state index in [1.54, 1.807) is 4.90 Å². The quantitative estimate of drug-likeness (QED) is 0.781. The number of benzene rings is 1. The van der Waals surface area contributed by atoms with E-state index in [4.69, 9.17) is 11.6 Å². The number of aliphatic imine (C=N–C) groups is 1. The SMILES string of the molecule is CSC1=N/C(=C\c2ccc(Cl)cc2)C(=O)N1CN1CCCCC1. The number of likely N-dealkylation sites (tertiary alicyclic amines) is 1. The van der Waals surface area contributed by atoms with Gasteiger partial charge in [0.25, 0.3) is 5.91 Å². The summed E-state index contributed by atoms with van der Waals surface area (Å²) in [7, 11) is 0. The van der Waals surface area contributed by atoms with Crippen LogP contribution >= 0.6 is 23.4 Å². The fourth-order valence-corrected chi connectivity index (χ4v) is 3.51. The summed E-state index contributed by atoms with van der Waals surface area (Å²) in [6.07, 6.45) is 7.49.